The van der Waals surface area contributed by atoms with Gasteiger partial charge in [-0.15, -0.1) is 0 Å². The predicted octanol–water partition coefficient (Wildman–Crippen LogP) is 2.07. The van der Waals surface area contributed by atoms with Gasteiger partial charge in [0.15, 0.2) is 0 Å². The minimum atomic E-state index is -0.0466. The highest BCUT2D eigenvalue weighted by Gasteiger charge is 2.28. The van der Waals surface area contributed by atoms with Crippen molar-refractivity contribution in [3.8, 4) is 5.69 Å². The van der Waals surface area contributed by atoms with E-state index in [1.807, 2.05) is 48.7 Å². The number of aromatic nitrogens is 5. The SMILES string of the molecule is O=C1C[C@H](c2ccc(-n3cncn3)cc2)c2c(nc3ccccn23)CN1. The molecule has 7 nitrogen and oxygen atoms in total. The van der Waals surface area contributed by atoms with Crippen molar-refractivity contribution in [1.82, 2.24) is 29.5 Å². The van der Waals surface area contributed by atoms with Gasteiger partial charge in [-0.2, -0.15) is 5.10 Å². The van der Waals surface area contributed by atoms with E-state index in [9.17, 15) is 4.79 Å². The van der Waals surface area contributed by atoms with Crippen LogP contribution >= 0.6 is 0 Å². The Balaban J connectivity index is 1.62. The molecule has 0 bridgehead atoms. The number of nitrogens with zero attached hydrogens (tertiary/aromatic N) is 5. The summed E-state index contributed by atoms with van der Waals surface area (Å²) in [5, 5.41) is 7.11. The lowest BCUT2D eigenvalue weighted by molar-refractivity contribution is -0.121. The van der Waals surface area contributed by atoms with Crippen molar-refractivity contribution >= 4 is 11.6 Å². The fraction of sp³-hybridized carbons (Fsp3) is 0.158. The van der Waals surface area contributed by atoms with Gasteiger partial charge in [0.25, 0.3) is 0 Å². The highest BCUT2D eigenvalue weighted by atomic mass is 16.1. The number of benzene rings is 1. The fourth-order valence-corrected chi connectivity index (χ4v) is 3.58. The quantitative estimate of drug-likeness (QED) is 0.604. The van der Waals surface area contributed by atoms with Crippen molar-refractivity contribution in [3.63, 3.8) is 0 Å². The molecule has 1 aliphatic rings. The van der Waals surface area contributed by atoms with Crippen molar-refractivity contribution in [2.45, 2.75) is 18.9 Å². The van der Waals surface area contributed by atoms with Gasteiger partial charge in [0.2, 0.25) is 5.91 Å². The predicted molar refractivity (Wildman–Crippen MR) is 94.9 cm³/mol. The molecule has 128 valence electrons. The van der Waals surface area contributed by atoms with E-state index < -0.39 is 0 Å². The highest BCUT2D eigenvalue weighted by molar-refractivity contribution is 5.78. The Morgan fingerprint density at radius 2 is 2.00 bits per heavy atom. The molecule has 0 fully saturated rings. The molecule has 1 aliphatic heterocycles. The van der Waals surface area contributed by atoms with E-state index in [0.717, 1.165) is 28.3 Å². The summed E-state index contributed by atoms with van der Waals surface area (Å²) in [4.78, 5) is 20.9. The molecule has 1 atom stereocenters. The first kappa shape index (κ1) is 14.8. The number of hydrogen-bond acceptors (Lipinski definition) is 4. The molecule has 0 saturated carbocycles. The van der Waals surface area contributed by atoms with Crippen molar-refractivity contribution in [2.24, 2.45) is 0 Å². The third kappa shape index (κ3) is 2.36. The first-order valence-corrected chi connectivity index (χ1v) is 8.47. The number of amides is 1. The number of fused-ring (bicyclic) bond motifs is 3. The van der Waals surface area contributed by atoms with Crippen LogP contribution in [0.3, 0.4) is 0 Å². The maximum atomic E-state index is 12.3. The second kappa shape index (κ2) is 5.80. The van der Waals surface area contributed by atoms with Crippen LogP contribution in [0.25, 0.3) is 11.3 Å². The Kier molecular flexibility index (Phi) is 3.31. The number of hydrogen-bond donors (Lipinski definition) is 1. The number of nitrogens with one attached hydrogen (secondary N) is 1. The van der Waals surface area contributed by atoms with Crippen LogP contribution in [0.15, 0.2) is 61.3 Å². The molecular weight excluding hydrogens is 328 g/mol. The lowest BCUT2D eigenvalue weighted by Crippen LogP contribution is -2.21. The summed E-state index contributed by atoms with van der Waals surface area (Å²) in [5.74, 6) is -0.00673. The molecule has 26 heavy (non-hydrogen) atoms. The lowest BCUT2D eigenvalue weighted by Gasteiger charge is -2.16. The zero-order valence-corrected chi connectivity index (χ0v) is 13.9. The maximum Gasteiger partial charge on any atom is 0.221 e. The van der Waals surface area contributed by atoms with Gasteiger partial charge in [-0.25, -0.2) is 14.6 Å². The normalized spacial score (nSPS) is 16.9. The average Bonchev–Trinajstić information content (AvgIpc) is 3.29. The average molecular weight is 344 g/mol. The van der Waals surface area contributed by atoms with Gasteiger partial charge < -0.3 is 9.72 Å². The summed E-state index contributed by atoms with van der Waals surface area (Å²) >= 11 is 0. The van der Waals surface area contributed by atoms with Crippen molar-refractivity contribution < 1.29 is 4.79 Å². The van der Waals surface area contributed by atoms with E-state index in [1.165, 1.54) is 6.33 Å². The van der Waals surface area contributed by atoms with Crippen LogP contribution in [0, 0.1) is 0 Å². The van der Waals surface area contributed by atoms with Gasteiger partial charge in [-0.3, -0.25) is 4.79 Å². The molecule has 7 heteroatoms. The van der Waals surface area contributed by atoms with Gasteiger partial charge in [0.05, 0.1) is 23.6 Å². The van der Waals surface area contributed by atoms with Crippen LogP contribution in [0.1, 0.15) is 29.3 Å². The summed E-state index contributed by atoms with van der Waals surface area (Å²) in [6.07, 6.45) is 5.58. The Morgan fingerprint density at radius 3 is 2.81 bits per heavy atom. The van der Waals surface area contributed by atoms with Crippen molar-refractivity contribution in [1.29, 1.82) is 0 Å². The minimum absolute atomic E-state index is 0.0398. The smallest absolute Gasteiger partial charge is 0.221 e. The Morgan fingerprint density at radius 1 is 1.12 bits per heavy atom. The number of carbonyl (C=O) groups is 1. The first-order valence-electron chi connectivity index (χ1n) is 8.47. The van der Waals surface area contributed by atoms with E-state index in [1.54, 1.807) is 11.0 Å². The van der Waals surface area contributed by atoms with Gasteiger partial charge in [0, 0.05) is 18.5 Å². The van der Waals surface area contributed by atoms with E-state index in [-0.39, 0.29) is 11.8 Å². The van der Waals surface area contributed by atoms with Crippen LogP contribution in [-0.4, -0.2) is 30.1 Å². The molecule has 0 spiro atoms. The Labute approximate surface area is 149 Å². The number of pyridine rings is 1. The summed E-state index contributed by atoms with van der Waals surface area (Å²) in [7, 11) is 0. The van der Waals surface area contributed by atoms with Crippen molar-refractivity contribution in [2.75, 3.05) is 0 Å². The highest BCUT2D eigenvalue weighted by Crippen LogP contribution is 2.33. The van der Waals surface area contributed by atoms with Gasteiger partial charge in [0.1, 0.15) is 18.3 Å². The lowest BCUT2D eigenvalue weighted by atomic mass is 9.91. The van der Waals surface area contributed by atoms with Crippen molar-refractivity contribution in [3.05, 3.63) is 78.3 Å². The summed E-state index contributed by atoms with van der Waals surface area (Å²) < 4.78 is 3.80. The largest absolute Gasteiger partial charge is 0.350 e. The Bertz CT molecular complexity index is 1080. The zero-order chi connectivity index (χ0) is 17.5. The van der Waals surface area contributed by atoms with Gasteiger partial charge in [-0.05, 0) is 29.8 Å². The second-order valence-corrected chi connectivity index (χ2v) is 6.34. The molecule has 1 aromatic carbocycles. The van der Waals surface area contributed by atoms with Gasteiger partial charge >= 0.3 is 0 Å². The molecule has 4 aromatic rings. The summed E-state index contributed by atoms with van der Waals surface area (Å²) in [5.41, 5.74) is 4.92. The molecule has 0 radical (unpaired) electrons. The second-order valence-electron chi connectivity index (χ2n) is 6.34. The number of imidazole rings is 1. The molecule has 0 saturated heterocycles. The molecule has 3 aromatic heterocycles. The Hall–Kier alpha value is -3.48. The molecule has 1 amide bonds. The third-order valence-electron chi connectivity index (χ3n) is 4.79. The molecular formula is C19H16N6O. The minimum Gasteiger partial charge on any atom is -0.350 e. The zero-order valence-electron chi connectivity index (χ0n) is 13.9. The molecule has 0 aliphatic carbocycles. The molecule has 5 rings (SSSR count). The van der Waals surface area contributed by atoms with Crippen LogP contribution in [-0.2, 0) is 11.3 Å². The van der Waals surface area contributed by atoms with E-state index in [0.29, 0.717) is 13.0 Å². The third-order valence-corrected chi connectivity index (χ3v) is 4.79. The van der Waals surface area contributed by atoms with E-state index in [4.69, 9.17) is 4.98 Å². The molecule has 1 N–H and O–H groups in total. The van der Waals surface area contributed by atoms with Gasteiger partial charge in [-0.1, -0.05) is 18.2 Å². The van der Waals surface area contributed by atoms with E-state index in [2.05, 4.69) is 19.8 Å². The number of rotatable bonds is 2. The monoisotopic (exact) mass is 344 g/mol. The van der Waals surface area contributed by atoms with Crippen LogP contribution in [0.4, 0.5) is 0 Å². The fourth-order valence-electron chi connectivity index (χ4n) is 3.58. The number of carbonyl (C=O) groups excluding carboxylic acids is 1. The maximum absolute atomic E-state index is 12.3. The summed E-state index contributed by atoms with van der Waals surface area (Å²) in [6, 6.07) is 14.0. The first-order chi connectivity index (χ1) is 12.8. The summed E-state index contributed by atoms with van der Waals surface area (Å²) in [6.45, 7) is 0.462. The molecule has 4 heterocycles. The van der Waals surface area contributed by atoms with Crippen LogP contribution in [0.2, 0.25) is 0 Å². The standard InChI is InChI=1S/C19H16N6O/c26-18-9-15(13-4-6-14(7-5-13)25-12-20-11-22-25)19-16(10-21-18)23-17-3-1-2-8-24(17)19/h1-8,11-12,15H,9-10H2,(H,21,26)/t15-/m1/s1. The molecule has 0 unspecified atom stereocenters. The van der Waals surface area contributed by atoms with Crippen LogP contribution < -0.4 is 5.32 Å². The topological polar surface area (TPSA) is 77.1 Å². The van der Waals surface area contributed by atoms with E-state index >= 15 is 0 Å². The van der Waals surface area contributed by atoms with Crippen LogP contribution in [0.5, 0.6) is 0 Å².